The van der Waals surface area contributed by atoms with Gasteiger partial charge in [0.2, 0.25) is 0 Å². The number of hydrogen-bond acceptors (Lipinski definition) is 2. The molecule has 6 heteroatoms. The third-order valence-electron chi connectivity index (χ3n) is 3.74. The first-order valence-corrected chi connectivity index (χ1v) is 6.61. The summed E-state index contributed by atoms with van der Waals surface area (Å²) in [4.78, 5) is 12.1. The molecule has 0 spiro atoms. The van der Waals surface area contributed by atoms with Crippen LogP contribution in [0.1, 0.15) is 36.0 Å². The number of carbonyl (C=O) groups is 1. The smallest absolute Gasteiger partial charge is 0.268 e. The Kier molecular flexibility index (Phi) is 4.32. The van der Waals surface area contributed by atoms with Gasteiger partial charge >= 0.3 is 6.18 Å². The summed E-state index contributed by atoms with van der Waals surface area (Å²) in [5.74, 6) is 4.13. The van der Waals surface area contributed by atoms with Crippen molar-refractivity contribution in [3.8, 4) is 0 Å². The molecule has 110 valence electrons. The number of halogens is 3. The highest BCUT2D eigenvalue weighted by molar-refractivity contribution is 5.94. The van der Waals surface area contributed by atoms with E-state index in [1.807, 2.05) is 0 Å². The number of hydrazine groups is 1. The predicted molar refractivity (Wildman–Crippen MR) is 68.6 cm³/mol. The molecule has 0 aliphatic heterocycles. The lowest BCUT2D eigenvalue weighted by Crippen LogP contribution is -2.55. The Labute approximate surface area is 115 Å². The number of carbonyl (C=O) groups excluding carboxylic acids is 1. The van der Waals surface area contributed by atoms with Gasteiger partial charge in [-0.3, -0.25) is 9.80 Å². The van der Waals surface area contributed by atoms with Crippen molar-refractivity contribution < 1.29 is 18.0 Å². The molecule has 0 heterocycles. The van der Waals surface area contributed by atoms with E-state index in [1.165, 1.54) is 12.1 Å². The van der Waals surface area contributed by atoms with Crippen LogP contribution in [0.5, 0.6) is 0 Å². The minimum absolute atomic E-state index is 0.169. The number of hydrogen-bond donors (Lipinski definition) is 1. The van der Waals surface area contributed by atoms with Crippen LogP contribution in [0.15, 0.2) is 30.3 Å². The molecule has 0 bridgehead atoms. The average molecular weight is 286 g/mol. The molecular formula is C14H17F3N2O. The van der Waals surface area contributed by atoms with Crippen LogP contribution < -0.4 is 5.84 Å². The highest BCUT2D eigenvalue weighted by Crippen LogP contribution is 2.38. The zero-order valence-electron chi connectivity index (χ0n) is 10.9. The van der Waals surface area contributed by atoms with E-state index in [9.17, 15) is 18.0 Å². The number of alkyl halides is 3. The molecule has 0 aromatic heterocycles. The number of benzene rings is 1. The topological polar surface area (TPSA) is 46.3 Å². The van der Waals surface area contributed by atoms with Crippen LogP contribution in [0.25, 0.3) is 0 Å². The van der Waals surface area contributed by atoms with E-state index < -0.39 is 24.0 Å². The SMILES string of the molecule is NN(C(=O)c1ccccc1)C(C1CCCC1)C(F)(F)F. The molecule has 2 N–H and O–H groups in total. The molecule has 0 radical (unpaired) electrons. The minimum atomic E-state index is -4.51. The van der Waals surface area contributed by atoms with Crippen molar-refractivity contribution in [1.29, 1.82) is 0 Å². The van der Waals surface area contributed by atoms with Crippen molar-refractivity contribution in [3.63, 3.8) is 0 Å². The van der Waals surface area contributed by atoms with Gasteiger partial charge in [-0.15, -0.1) is 0 Å². The van der Waals surface area contributed by atoms with Gasteiger partial charge in [-0.2, -0.15) is 13.2 Å². The maximum Gasteiger partial charge on any atom is 0.410 e. The van der Waals surface area contributed by atoms with Gasteiger partial charge in [0.05, 0.1) is 0 Å². The zero-order chi connectivity index (χ0) is 14.8. The monoisotopic (exact) mass is 286 g/mol. The van der Waals surface area contributed by atoms with Crippen LogP contribution >= 0.6 is 0 Å². The largest absolute Gasteiger partial charge is 0.410 e. The molecule has 1 unspecified atom stereocenters. The van der Waals surface area contributed by atoms with Crippen LogP contribution in [0.2, 0.25) is 0 Å². The van der Waals surface area contributed by atoms with E-state index in [4.69, 9.17) is 5.84 Å². The van der Waals surface area contributed by atoms with Crippen molar-refractivity contribution in [3.05, 3.63) is 35.9 Å². The second-order valence-corrected chi connectivity index (χ2v) is 5.11. The van der Waals surface area contributed by atoms with Crippen molar-refractivity contribution in [1.82, 2.24) is 5.01 Å². The summed E-state index contributed by atoms with van der Waals surface area (Å²) in [5, 5.41) is 0.366. The summed E-state index contributed by atoms with van der Waals surface area (Å²) in [7, 11) is 0. The van der Waals surface area contributed by atoms with Crippen molar-refractivity contribution >= 4 is 5.91 Å². The van der Waals surface area contributed by atoms with Crippen LogP contribution in [0.4, 0.5) is 13.2 Å². The Morgan fingerprint density at radius 2 is 1.75 bits per heavy atom. The maximum atomic E-state index is 13.2. The van der Waals surface area contributed by atoms with Gasteiger partial charge in [0, 0.05) is 5.56 Å². The number of nitrogens with zero attached hydrogens (tertiary/aromatic N) is 1. The Hall–Kier alpha value is -1.56. The van der Waals surface area contributed by atoms with Crippen molar-refractivity contribution in [2.24, 2.45) is 11.8 Å². The van der Waals surface area contributed by atoms with E-state index in [2.05, 4.69) is 0 Å². The van der Waals surface area contributed by atoms with Crippen LogP contribution in [-0.4, -0.2) is 23.1 Å². The summed E-state index contributed by atoms with van der Waals surface area (Å²) >= 11 is 0. The van der Waals surface area contributed by atoms with Gasteiger partial charge < -0.3 is 0 Å². The fraction of sp³-hybridized carbons (Fsp3) is 0.500. The van der Waals surface area contributed by atoms with E-state index in [-0.39, 0.29) is 5.56 Å². The molecular weight excluding hydrogens is 269 g/mol. The van der Waals surface area contributed by atoms with Gasteiger partial charge in [0.15, 0.2) is 0 Å². The second-order valence-electron chi connectivity index (χ2n) is 5.11. The quantitative estimate of drug-likeness (QED) is 0.527. The van der Waals surface area contributed by atoms with Crippen molar-refractivity contribution in [2.45, 2.75) is 37.9 Å². The number of nitrogens with two attached hydrogens (primary N) is 1. The lowest BCUT2D eigenvalue weighted by molar-refractivity contribution is -0.190. The molecule has 20 heavy (non-hydrogen) atoms. The molecule has 1 aromatic rings. The van der Waals surface area contributed by atoms with E-state index in [1.54, 1.807) is 18.2 Å². The summed E-state index contributed by atoms with van der Waals surface area (Å²) in [6.07, 6.45) is -2.08. The Morgan fingerprint density at radius 3 is 2.25 bits per heavy atom. The van der Waals surface area contributed by atoms with Gasteiger partial charge in [0.25, 0.3) is 5.91 Å². The summed E-state index contributed by atoms with van der Waals surface area (Å²) in [5.41, 5.74) is 0.169. The summed E-state index contributed by atoms with van der Waals surface area (Å²) in [6, 6.07) is 5.90. The van der Waals surface area contributed by atoms with Gasteiger partial charge in [-0.1, -0.05) is 31.0 Å². The molecule has 0 saturated heterocycles. The third-order valence-corrected chi connectivity index (χ3v) is 3.74. The van der Waals surface area contributed by atoms with Crippen LogP contribution in [-0.2, 0) is 0 Å². The first-order valence-electron chi connectivity index (χ1n) is 6.61. The second kappa shape index (κ2) is 5.83. The lowest BCUT2D eigenvalue weighted by Gasteiger charge is -2.33. The summed E-state index contributed by atoms with van der Waals surface area (Å²) < 4.78 is 39.7. The Bertz CT molecular complexity index is 455. The normalized spacial score (nSPS) is 18.0. The number of amides is 1. The number of rotatable bonds is 3. The first-order chi connectivity index (χ1) is 9.41. The van der Waals surface area contributed by atoms with Gasteiger partial charge in [0.1, 0.15) is 6.04 Å². The lowest BCUT2D eigenvalue weighted by atomic mass is 9.96. The Balaban J connectivity index is 2.22. The molecule has 1 atom stereocenters. The fourth-order valence-electron chi connectivity index (χ4n) is 2.78. The van der Waals surface area contributed by atoms with Crippen LogP contribution in [0.3, 0.4) is 0 Å². The average Bonchev–Trinajstić information content (AvgIpc) is 2.91. The van der Waals surface area contributed by atoms with Gasteiger partial charge in [-0.25, -0.2) is 5.84 Å². The third kappa shape index (κ3) is 3.12. The Morgan fingerprint density at radius 1 is 1.20 bits per heavy atom. The van der Waals surface area contributed by atoms with Crippen molar-refractivity contribution in [2.75, 3.05) is 0 Å². The summed E-state index contributed by atoms with van der Waals surface area (Å²) in [6.45, 7) is 0. The molecule has 1 aliphatic carbocycles. The minimum Gasteiger partial charge on any atom is -0.268 e. The van der Waals surface area contributed by atoms with Gasteiger partial charge in [-0.05, 0) is 30.9 Å². The first kappa shape index (κ1) is 14.8. The zero-order valence-corrected chi connectivity index (χ0v) is 10.9. The highest BCUT2D eigenvalue weighted by atomic mass is 19.4. The maximum absolute atomic E-state index is 13.2. The molecule has 1 aromatic carbocycles. The van der Waals surface area contributed by atoms with E-state index >= 15 is 0 Å². The molecule has 1 amide bonds. The molecule has 1 fully saturated rings. The highest BCUT2D eigenvalue weighted by Gasteiger charge is 2.49. The molecule has 1 aliphatic rings. The standard InChI is InChI=1S/C14H17F3N2O/c15-14(16,17)12(10-6-4-5-7-10)19(18)13(20)11-8-2-1-3-9-11/h1-3,8-10,12H,4-7,18H2. The molecule has 2 rings (SSSR count). The fourth-order valence-corrected chi connectivity index (χ4v) is 2.78. The van der Waals surface area contributed by atoms with Crippen LogP contribution in [0, 0.1) is 5.92 Å². The van der Waals surface area contributed by atoms with E-state index in [0.717, 1.165) is 12.8 Å². The predicted octanol–water partition coefficient (Wildman–Crippen LogP) is 3.12. The molecule has 1 saturated carbocycles. The van der Waals surface area contributed by atoms with E-state index in [0.29, 0.717) is 17.9 Å². The molecule has 3 nitrogen and oxygen atoms in total.